The fourth-order valence-electron chi connectivity index (χ4n) is 1.66. The molecule has 2 N–H and O–H groups in total. The van der Waals surface area contributed by atoms with Gasteiger partial charge in [0.2, 0.25) is 0 Å². The van der Waals surface area contributed by atoms with Crippen molar-refractivity contribution in [2.75, 3.05) is 5.75 Å². The summed E-state index contributed by atoms with van der Waals surface area (Å²) in [6, 6.07) is 9.17. The molecule has 0 bridgehead atoms. The van der Waals surface area contributed by atoms with E-state index in [1.807, 2.05) is 12.1 Å². The summed E-state index contributed by atoms with van der Waals surface area (Å²) in [4.78, 5) is 17.7. The average molecular weight is 273 g/mol. The maximum atomic E-state index is 10.7. The molecule has 0 aliphatic rings. The molecule has 96 valence electrons. The van der Waals surface area contributed by atoms with Crippen LogP contribution in [0.2, 0.25) is 0 Å². The molecule has 0 aliphatic carbocycles. The number of benzene rings is 1. The molecule has 1 heterocycles. The van der Waals surface area contributed by atoms with Gasteiger partial charge in [0.15, 0.2) is 0 Å². The van der Waals surface area contributed by atoms with Crippen molar-refractivity contribution in [1.82, 2.24) is 9.97 Å². The van der Waals surface area contributed by atoms with Gasteiger partial charge in [0.05, 0.1) is 34.7 Å². The van der Waals surface area contributed by atoms with Crippen molar-refractivity contribution in [1.29, 1.82) is 5.26 Å². The Morgan fingerprint density at radius 1 is 1.47 bits per heavy atom. The van der Waals surface area contributed by atoms with Crippen LogP contribution in [0.1, 0.15) is 22.1 Å². The lowest BCUT2D eigenvalue weighted by Gasteiger charge is -2.14. The number of carboxylic acids is 1. The first-order valence-corrected chi connectivity index (χ1v) is 6.57. The van der Waals surface area contributed by atoms with E-state index in [2.05, 4.69) is 16.0 Å². The summed E-state index contributed by atoms with van der Waals surface area (Å²) in [6.45, 7) is 0. The number of aromatic amines is 1. The van der Waals surface area contributed by atoms with Gasteiger partial charge in [0.25, 0.3) is 0 Å². The molecule has 1 aromatic heterocycles. The highest BCUT2D eigenvalue weighted by Gasteiger charge is 2.17. The van der Waals surface area contributed by atoms with Gasteiger partial charge in [-0.15, -0.1) is 11.8 Å². The zero-order valence-corrected chi connectivity index (χ0v) is 10.7. The van der Waals surface area contributed by atoms with Crippen molar-refractivity contribution in [3.63, 3.8) is 0 Å². The Hall–Kier alpha value is -2.26. The van der Waals surface area contributed by atoms with E-state index in [0.29, 0.717) is 5.56 Å². The summed E-state index contributed by atoms with van der Waals surface area (Å²) in [5.41, 5.74) is 2.36. The topological polar surface area (TPSA) is 89.8 Å². The second kappa shape index (κ2) is 6.07. The summed E-state index contributed by atoms with van der Waals surface area (Å²) < 4.78 is 0. The molecule has 19 heavy (non-hydrogen) atoms. The molecule has 6 heteroatoms. The zero-order chi connectivity index (χ0) is 13.7. The van der Waals surface area contributed by atoms with E-state index in [-0.39, 0.29) is 11.0 Å². The largest absolute Gasteiger partial charge is 0.481 e. The van der Waals surface area contributed by atoms with Gasteiger partial charge in [-0.05, 0) is 17.7 Å². The predicted molar refractivity (Wildman–Crippen MR) is 71.7 cm³/mol. The number of hydrogen-bond donors (Lipinski definition) is 2. The zero-order valence-electron chi connectivity index (χ0n) is 9.91. The van der Waals surface area contributed by atoms with Crippen LogP contribution < -0.4 is 0 Å². The van der Waals surface area contributed by atoms with Crippen LogP contribution >= 0.6 is 11.8 Å². The van der Waals surface area contributed by atoms with Crippen LogP contribution in [0.25, 0.3) is 0 Å². The summed E-state index contributed by atoms with van der Waals surface area (Å²) in [5.74, 6) is -0.855. The molecule has 2 aromatic rings. The van der Waals surface area contributed by atoms with Crippen molar-refractivity contribution in [3.05, 3.63) is 53.6 Å². The van der Waals surface area contributed by atoms with Gasteiger partial charge >= 0.3 is 5.97 Å². The lowest BCUT2D eigenvalue weighted by atomic mass is 10.1. The molecule has 0 spiro atoms. The highest BCUT2D eigenvalue weighted by atomic mass is 32.2. The number of aliphatic carboxylic acids is 1. The van der Waals surface area contributed by atoms with Crippen molar-refractivity contribution >= 4 is 17.7 Å². The van der Waals surface area contributed by atoms with E-state index in [1.54, 1.807) is 24.7 Å². The Morgan fingerprint density at radius 2 is 2.21 bits per heavy atom. The Kier molecular flexibility index (Phi) is 4.21. The number of nitrogens with one attached hydrogen (secondary N) is 1. The lowest BCUT2D eigenvalue weighted by Crippen LogP contribution is -2.04. The number of imidazole rings is 1. The molecule has 0 saturated carbocycles. The van der Waals surface area contributed by atoms with Gasteiger partial charge in [0, 0.05) is 6.20 Å². The number of aromatic nitrogens is 2. The van der Waals surface area contributed by atoms with Crippen molar-refractivity contribution < 1.29 is 9.90 Å². The minimum absolute atomic E-state index is 0.00366. The molecule has 0 amide bonds. The van der Waals surface area contributed by atoms with Gasteiger partial charge in [-0.1, -0.05) is 12.1 Å². The van der Waals surface area contributed by atoms with E-state index in [1.165, 1.54) is 11.8 Å². The lowest BCUT2D eigenvalue weighted by molar-refractivity contribution is -0.133. The molecule has 0 fully saturated rings. The first kappa shape index (κ1) is 13.2. The number of carboxylic acid groups (broad SMARTS) is 1. The summed E-state index contributed by atoms with van der Waals surface area (Å²) in [7, 11) is 0. The quantitative estimate of drug-likeness (QED) is 0.871. The maximum absolute atomic E-state index is 10.7. The van der Waals surface area contributed by atoms with Gasteiger partial charge in [-0.25, -0.2) is 4.98 Å². The summed E-state index contributed by atoms with van der Waals surface area (Å²) in [5, 5.41) is 17.4. The minimum atomic E-state index is -0.858. The fraction of sp³-hybridized carbons (Fsp3) is 0.154. The summed E-state index contributed by atoms with van der Waals surface area (Å²) in [6.07, 6.45) is 3.24. The Bertz CT molecular complexity index is 587. The first-order valence-electron chi connectivity index (χ1n) is 5.52. The third-order valence-corrected chi connectivity index (χ3v) is 3.79. The van der Waals surface area contributed by atoms with Crippen molar-refractivity contribution in [2.24, 2.45) is 0 Å². The van der Waals surface area contributed by atoms with Crippen LogP contribution in [0.4, 0.5) is 0 Å². The van der Waals surface area contributed by atoms with Crippen LogP contribution in [-0.2, 0) is 4.79 Å². The SMILES string of the molecule is N#Cc1ccc(C(SCC(=O)O)c2cnc[nH]2)cc1. The standard InChI is InChI=1S/C13H11N3O2S/c14-5-9-1-3-10(4-2-9)13(19-7-12(17)18)11-6-15-8-16-11/h1-4,6,8,13H,7H2,(H,15,16)(H,17,18). The van der Waals surface area contributed by atoms with Crippen LogP contribution in [0.5, 0.6) is 0 Å². The number of H-pyrrole nitrogens is 1. The molecule has 0 radical (unpaired) electrons. The number of carbonyl (C=O) groups is 1. The van der Waals surface area contributed by atoms with Gasteiger partial charge in [-0.3, -0.25) is 4.79 Å². The van der Waals surface area contributed by atoms with Gasteiger partial charge in [-0.2, -0.15) is 5.26 Å². The first-order chi connectivity index (χ1) is 9.20. The number of hydrogen-bond acceptors (Lipinski definition) is 4. The van der Waals surface area contributed by atoms with E-state index in [0.717, 1.165) is 11.3 Å². The van der Waals surface area contributed by atoms with E-state index >= 15 is 0 Å². The van der Waals surface area contributed by atoms with E-state index in [4.69, 9.17) is 10.4 Å². The molecule has 2 rings (SSSR count). The fourth-order valence-corrected chi connectivity index (χ4v) is 2.63. The van der Waals surface area contributed by atoms with Gasteiger partial charge in [0.1, 0.15) is 0 Å². The number of rotatable bonds is 5. The number of nitriles is 1. The Balaban J connectivity index is 2.26. The Labute approximate surface area is 114 Å². The Morgan fingerprint density at radius 3 is 2.74 bits per heavy atom. The smallest absolute Gasteiger partial charge is 0.313 e. The van der Waals surface area contributed by atoms with Crippen LogP contribution in [0, 0.1) is 11.3 Å². The molecule has 1 aromatic carbocycles. The third kappa shape index (κ3) is 3.36. The number of nitrogens with zero attached hydrogens (tertiary/aromatic N) is 2. The molecule has 0 aliphatic heterocycles. The monoisotopic (exact) mass is 273 g/mol. The van der Waals surface area contributed by atoms with Crippen LogP contribution in [-0.4, -0.2) is 26.8 Å². The highest BCUT2D eigenvalue weighted by molar-refractivity contribution is 8.00. The molecule has 5 nitrogen and oxygen atoms in total. The summed E-state index contributed by atoms with van der Waals surface area (Å²) >= 11 is 1.30. The van der Waals surface area contributed by atoms with Crippen LogP contribution in [0.15, 0.2) is 36.8 Å². The minimum Gasteiger partial charge on any atom is -0.481 e. The van der Waals surface area contributed by atoms with Crippen molar-refractivity contribution in [3.8, 4) is 6.07 Å². The molecular weight excluding hydrogens is 262 g/mol. The third-order valence-electron chi connectivity index (χ3n) is 2.52. The van der Waals surface area contributed by atoms with Crippen molar-refractivity contribution in [2.45, 2.75) is 5.25 Å². The second-order valence-corrected chi connectivity index (χ2v) is 4.92. The molecular formula is C13H11N3O2S. The second-order valence-electron chi connectivity index (χ2n) is 3.83. The number of thioether (sulfide) groups is 1. The average Bonchev–Trinajstić information content (AvgIpc) is 2.93. The molecule has 1 unspecified atom stereocenters. The van der Waals surface area contributed by atoms with E-state index in [9.17, 15) is 4.79 Å². The molecule has 0 saturated heterocycles. The highest BCUT2D eigenvalue weighted by Crippen LogP contribution is 2.34. The molecule has 1 atom stereocenters. The van der Waals surface area contributed by atoms with E-state index < -0.39 is 5.97 Å². The van der Waals surface area contributed by atoms with Crippen LogP contribution in [0.3, 0.4) is 0 Å². The van der Waals surface area contributed by atoms with Gasteiger partial charge < -0.3 is 10.1 Å². The normalized spacial score (nSPS) is 11.7. The maximum Gasteiger partial charge on any atom is 0.313 e. The predicted octanol–water partition coefficient (Wildman–Crippen LogP) is 2.19.